The summed E-state index contributed by atoms with van der Waals surface area (Å²) in [7, 11) is 1.53. The normalized spacial score (nSPS) is 10.4. The fourth-order valence-corrected chi connectivity index (χ4v) is 2.32. The van der Waals surface area contributed by atoms with Gasteiger partial charge in [0.1, 0.15) is 5.75 Å². The van der Waals surface area contributed by atoms with Crippen LogP contribution >= 0.6 is 23.2 Å². The summed E-state index contributed by atoms with van der Waals surface area (Å²) in [5, 5.41) is 10.9. The number of benzene rings is 1. The Hall–Kier alpha value is -1.92. The van der Waals surface area contributed by atoms with Gasteiger partial charge in [-0.15, -0.1) is 0 Å². The van der Waals surface area contributed by atoms with E-state index in [1.807, 2.05) is 6.92 Å². The van der Waals surface area contributed by atoms with Crippen molar-refractivity contribution in [2.45, 2.75) is 19.9 Å². The lowest BCUT2D eigenvalue weighted by Crippen LogP contribution is -2.30. The second-order valence-electron chi connectivity index (χ2n) is 4.90. The Labute approximate surface area is 144 Å². The maximum absolute atomic E-state index is 11.9. The Balaban J connectivity index is 1.78. The third kappa shape index (κ3) is 5.04. The molecule has 0 spiro atoms. The van der Waals surface area contributed by atoms with Crippen LogP contribution in [0.2, 0.25) is 10.0 Å². The summed E-state index contributed by atoms with van der Waals surface area (Å²) >= 11 is 11.9. The maximum atomic E-state index is 11.9. The van der Waals surface area contributed by atoms with Crippen LogP contribution in [-0.2, 0) is 6.54 Å². The molecule has 0 aliphatic carbocycles. The Kier molecular flexibility index (Phi) is 6.12. The molecule has 0 fully saturated rings. The molecule has 2 amide bonds. The number of anilines is 1. The van der Waals surface area contributed by atoms with Gasteiger partial charge in [-0.3, -0.25) is 4.68 Å². The zero-order valence-electron chi connectivity index (χ0n) is 12.9. The van der Waals surface area contributed by atoms with Crippen LogP contribution in [0.25, 0.3) is 0 Å². The van der Waals surface area contributed by atoms with E-state index in [0.717, 1.165) is 12.1 Å². The third-order valence-electron chi connectivity index (χ3n) is 3.15. The summed E-state index contributed by atoms with van der Waals surface area (Å²) in [5.41, 5.74) is 1.32. The van der Waals surface area contributed by atoms with E-state index in [9.17, 15) is 4.79 Å². The van der Waals surface area contributed by atoms with Crippen LogP contribution in [0.3, 0.4) is 0 Å². The number of carbonyl (C=O) groups is 1. The fourth-order valence-electron chi connectivity index (χ4n) is 2.00. The van der Waals surface area contributed by atoms with Gasteiger partial charge in [-0.2, -0.15) is 5.10 Å². The maximum Gasteiger partial charge on any atom is 0.319 e. The summed E-state index contributed by atoms with van der Waals surface area (Å²) in [6, 6.07) is 4.71. The number of nitrogens with one attached hydrogen (secondary N) is 2. The molecule has 0 aliphatic rings. The molecule has 0 saturated heterocycles. The minimum atomic E-state index is -0.319. The zero-order valence-corrected chi connectivity index (χ0v) is 14.4. The molecule has 2 rings (SSSR count). The number of ether oxygens (including phenoxy) is 1. The lowest BCUT2D eigenvalue weighted by Gasteiger charge is -2.11. The molecule has 23 heavy (non-hydrogen) atoms. The van der Waals surface area contributed by atoms with Gasteiger partial charge in [-0.25, -0.2) is 4.79 Å². The Morgan fingerprint density at radius 3 is 2.83 bits per heavy atom. The predicted molar refractivity (Wildman–Crippen MR) is 91.6 cm³/mol. The number of aryl methyl sites for hydroxylation is 2. The van der Waals surface area contributed by atoms with Crippen molar-refractivity contribution < 1.29 is 9.53 Å². The Morgan fingerprint density at radius 2 is 2.17 bits per heavy atom. The number of hydrogen-bond acceptors (Lipinski definition) is 3. The number of halogens is 2. The molecule has 0 atom stereocenters. The van der Waals surface area contributed by atoms with E-state index in [1.165, 1.54) is 7.11 Å². The molecule has 0 aliphatic heterocycles. The van der Waals surface area contributed by atoms with Gasteiger partial charge >= 0.3 is 6.03 Å². The highest BCUT2D eigenvalue weighted by Gasteiger charge is 2.08. The number of aromatic nitrogens is 2. The number of nitrogens with zero attached hydrogens (tertiary/aromatic N) is 2. The number of rotatable bonds is 6. The van der Waals surface area contributed by atoms with Crippen LogP contribution in [0.15, 0.2) is 24.4 Å². The zero-order chi connectivity index (χ0) is 16.8. The third-order valence-corrected chi connectivity index (χ3v) is 3.75. The van der Waals surface area contributed by atoms with Crippen molar-refractivity contribution in [3.63, 3.8) is 0 Å². The van der Waals surface area contributed by atoms with Gasteiger partial charge in [0, 0.05) is 24.3 Å². The Morgan fingerprint density at radius 1 is 1.39 bits per heavy atom. The van der Waals surface area contributed by atoms with Crippen molar-refractivity contribution in [3.05, 3.63) is 40.1 Å². The quantitative estimate of drug-likeness (QED) is 0.775. The minimum absolute atomic E-state index is 0.319. The van der Waals surface area contributed by atoms with Crippen LogP contribution in [0.1, 0.15) is 12.1 Å². The molecule has 1 aromatic heterocycles. The van der Waals surface area contributed by atoms with E-state index >= 15 is 0 Å². The minimum Gasteiger partial charge on any atom is -0.495 e. The number of urea groups is 1. The van der Waals surface area contributed by atoms with Gasteiger partial charge in [0.2, 0.25) is 0 Å². The lowest BCUT2D eigenvalue weighted by atomic mass is 10.3. The molecule has 8 heteroatoms. The molecular formula is C15H18Cl2N4O2. The number of carbonyl (C=O) groups excluding carboxylic acids is 1. The van der Waals surface area contributed by atoms with Crippen molar-refractivity contribution in [2.24, 2.45) is 0 Å². The van der Waals surface area contributed by atoms with E-state index in [-0.39, 0.29) is 6.03 Å². The van der Waals surface area contributed by atoms with E-state index < -0.39 is 0 Å². The van der Waals surface area contributed by atoms with Crippen molar-refractivity contribution >= 4 is 34.9 Å². The van der Waals surface area contributed by atoms with Gasteiger partial charge in [0.15, 0.2) is 0 Å². The summed E-state index contributed by atoms with van der Waals surface area (Å²) in [6.07, 6.45) is 2.51. The highest BCUT2D eigenvalue weighted by molar-refractivity contribution is 6.31. The smallest absolute Gasteiger partial charge is 0.319 e. The molecule has 0 saturated carbocycles. The van der Waals surface area contributed by atoms with E-state index in [2.05, 4.69) is 15.7 Å². The standard InChI is InChI=1S/C15H18Cl2N4O2/c1-10-12(17)9-21(20-10)7-3-6-18-15(22)19-13-8-11(16)4-5-14(13)23-2/h4-5,8-9H,3,6-7H2,1-2H3,(H2,18,19,22). The lowest BCUT2D eigenvalue weighted by molar-refractivity contribution is 0.251. The first-order valence-corrected chi connectivity index (χ1v) is 7.83. The van der Waals surface area contributed by atoms with Crippen molar-refractivity contribution in [3.8, 4) is 5.75 Å². The Bertz CT molecular complexity index is 669. The summed E-state index contributed by atoms with van der Waals surface area (Å²) in [5.74, 6) is 0.547. The highest BCUT2D eigenvalue weighted by Crippen LogP contribution is 2.27. The van der Waals surface area contributed by atoms with Crippen LogP contribution < -0.4 is 15.4 Å². The molecule has 2 aromatic rings. The van der Waals surface area contributed by atoms with Gasteiger partial charge < -0.3 is 15.4 Å². The molecule has 124 valence electrons. The molecule has 6 nitrogen and oxygen atoms in total. The SMILES string of the molecule is COc1ccc(Cl)cc1NC(=O)NCCCn1cc(Cl)c(C)n1. The number of amides is 2. The second kappa shape index (κ2) is 8.08. The number of hydrogen-bond donors (Lipinski definition) is 2. The van der Waals surface area contributed by atoms with Crippen LogP contribution in [0, 0.1) is 6.92 Å². The van der Waals surface area contributed by atoms with E-state index in [4.69, 9.17) is 27.9 Å². The summed E-state index contributed by atoms with van der Waals surface area (Å²) in [4.78, 5) is 11.9. The largest absolute Gasteiger partial charge is 0.495 e. The molecule has 1 heterocycles. The van der Waals surface area contributed by atoms with E-state index in [1.54, 1.807) is 29.1 Å². The average molecular weight is 357 g/mol. The monoisotopic (exact) mass is 356 g/mol. The van der Waals surface area contributed by atoms with Crippen molar-refractivity contribution in [1.82, 2.24) is 15.1 Å². The van der Waals surface area contributed by atoms with Gasteiger partial charge in [0.05, 0.1) is 23.5 Å². The molecule has 1 aromatic carbocycles. The van der Waals surface area contributed by atoms with Gasteiger partial charge in [-0.05, 0) is 31.5 Å². The molecule has 0 radical (unpaired) electrons. The first-order chi connectivity index (χ1) is 11.0. The van der Waals surface area contributed by atoms with Gasteiger partial charge in [-0.1, -0.05) is 23.2 Å². The first-order valence-electron chi connectivity index (χ1n) is 7.07. The predicted octanol–water partition coefficient (Wildman–Crippen LogP) is 3.72. The topological polar surface area (TPSA) is 68.2 Å². The molecule has 0 unspecified atom stereocenters. The molecular weight excluding hydrogens is 339 g/mol. The van der Waals surface area contributed by atoms with Crippen LogP contribution in [0.5, 0.6) is 5.75 Å². The van der Waals surface area contributed by atoms with Gasteiger partial charge in [0.25, 0.3) is 0 Å². The van der Waals surface area contributed by atoms with Crippen LogP contribution in [0.4, 0.5) is 10.5 Å². The van der Waals surface area contributed by atoms with Crippen molar-refractivity contribution in [1.29, 1.82) is 0 Å². The highest BCUT2D eigenvalue weighted by atomic mass is 35.5. The summed E-state index contributed by atoms with van der Waals surface area (Å²) in [6.45, 7) is 3.03. The summed E-state index contributed by atoms with van der Waals surface area (Å²) < 4.78 is 6.93. The van der Waals surface area contributed by atoms with Crippen molar-refractivity contribution in [2.75, 3.05) is 19.0 Å². The second-order valence-corrected chi connectivity index (χ2v) is 5.75. The first kappa shape index (κ1) is 17.4. The molecule has 2 N–H and O–H groups in total. The number of methoxy groups -OCH3 is 1. The van der Waals surface area contributed by atoms with E-state index in [0.29, 0.717) is 34.6 Å². The molecule has 0 bridgehead atoms. The fraction of sp³-hybridized carbons (Fsp3) is 0.333. The average Bonchev–Trinajstić information content (AvgIpc) is 2.82. The van der Waals surface area contributed by atoms with Crippen LogP contribution in [-0.4, -0.2) is 29.5 Å².